The van der Waals surface area contributed by atoms with Crippen LogP contribution in [0.4, 0.5) is 0 Å². The number of fused-ring (bicyclic) bond motifs is 1. The normalized spacial score (nSPS) is 10.8. The van der Waals surface area contributed by atoms with E-state index in [0.29, 0.717) is 0 Å². The lowest BCUT2D eigenvalue weighted by Crippen LogP contribution is -1.89. The molecule has 18 heavy (non-hydrogen) atoms. The molecule has 0 saturated heterocycles. The fraction of sp³-hybridized carbons (Fsp3) is 0.118. The summed E-state index contributed by atoms with van der Waals surface area (Å²) in [5.41, 5.74) is 6.29. The van der Waals surface area contributed by atoms with Crippen molar-refractivity contribution < 1.29 is 0 Å². The minimum absolute atomic E-state index is 1.05. The maximum absolute atomic E-state index is 4.42. The Labute approximate surface area is 107 Å². The maximum atomic E-state index is 4.42. The molecule has 0 fully saturated rings. The van der Waals surface area contributed by atoms with Gasteiger partial charge in [0.25, 0.3) is 0 Å². The van der Waals surface area contributed by atoms with E-state index in [1.807, 2.05) is 12.3 Å². The molecule has 0 radical (unpaired) electrons. The zero-order valence-corrected chi connectivity index (χ0v) is 10.6. The molecule has 2 aromatic carbocycles. The van der Waals surface area contributed by atoms with Gasteiger partial charge >= 0.3 is 0 Å². The van der Waals surface area contributed by atoms with Crippen LogP contribution < -0.4 is 0 Å². The van der Waals surface area contributed by atoms with Crippen LogP contribution in [0.5, 0.6) is 0 Å². The van der Waals surface area contributed by atoms with Crippen LogP contribution in [-0.4, -0.2) is 4.98 Å². The van der Waals surface area contributed by atoms with Gasteiger partial charge in [0.15, 0.2) is 0 Å². The molecule has 3 aromatic rings. The summed E-state index contributed by atoms with van der Waals surface area (Å²) in [7, 11) is 0. The van der Waals surface area contributed by atoms with Crippen molar-refractivity contribution in [2.45, 2.75) is 13.8 Å². The number of para-hydroxylation sites is 1. The number of nitrogens with zero attached hydrogens (tertiary/aromatic N) is 1. The molecule has 0 aliphatic heterocycles. The first-order valence-corrected chi connectivity index (χ1v) is 6.18. The van der Waals surface area contributed by atoms with Gasteiger partial charge in [-0.2, -0.15) is 0 Å². The van der Waals surface area contributed by atoms with E-state index in [0.717, 1.165) is 5.52 Å². The van der Waals surface area contributed by atoms with Crippen LogP contribution in [-0.2, 0) is 0 Å². The molecule has 1 aromatic heterocycles. The van der Waals surface area contributed by atoms with Crippen LogP contribution in [0, 0.1) is 13.8 Å². The largest absolute Gasteiger partial charge is 0.256 e. The van der Waals surface area contributed by atoms with Gasteiger partial charge in [-0.15, -0.1) is 0 Å². The quantitative estimate of drug-likeness (QED) is 0.602. The molecule has 0 bridgehead atoms. The predicted octanol–water partition coefficient (Wildman–Crippen LogP) is 4.52. The van der Waals surface area contributed by atoms with E-state index in [1.165, 1.54) is 27.6 Å². The van der Waals surface area contributed by atoms with Crippen LogP contribution >= 0.6 is 0 Å². The summed E-state index contributed by atoms with van der Waals surface area (Å²) in [5, 5.41) is 1.22. The van der Waals surface area contributed by atoms with E-state index in [-0.39, 0.29) is 0 Å². The second-order valence-corrected chi connectivity index (χ2v) is 4.62. The molecule has 0 N–H and O–H groups in total. The van der Waals surface area contributed by atoms with E-state index in [2.05, 4.69) is 61.3 Å². The Morgan fingerprint density at radius 1 is 0.778 bits per heavy atom. The Bertz CT molecular complexity index is 708. The minimum Gasteiger partial charge on any atom is -0.256 e. The molecule has 1 heterocycles. The third-order valence-corrected chi connectivity index (χ3v) is 3.54. The molecule has 0 aliphatic carbocycles. The van der Waals surface area contributed by atoms with Gasteiger partial charge in [0.05, 0.1) is 5.52 Å². The van der Waals surface area contributed by atoms with Crippen LogP contribution in [0.2, 0.25) is 0 Å². The van der Waals surface area contributed by atoms with Crippen LogP contribution in [0.1, 0.15) is 11.1 Å². The topological polar surface area (TPSA) is 12.9 Å². The van der Waals surface area contributed by atoms with Gasteiger partial charge in [-0.25, -0.2) is 0 Å². The van der Waals surface area contributed by atoms with Crippen molar-refractivity contribution >= 4 is 10.9 Å². The van der Waals surface area contributed by atoms with Gasteiger partial charge in [-0.1, -0.05) is 36.4 Å². The molecule has 0 aliphatic rings. The van der Waals surface area contributed by atoms with Crippen LogP contribution in [0.25, 0.3) is 22.0 Å². The van der Waals surface area contributed by atoms with Gasteiger partial charge in [0, 0.05) is 11.6 Å². The first-order valence-electron chi connectivity index (χ1n) is 6.18. The number of hydrogen-bond donors (Lipinski definition) is 0. The Morgan fingerprint density at radius 2 is 1.61 bits per heavy atom. The number of benzene rings is 2. The first-order chi connectivity index (χ1) is 8.77. The van der Waals surface area contributed by atoms with E-state index >= 15 is 0 Å². The molecule has 1 heteroatoms. The van der Waals surface area contributed by atoms with Crippen LogP contribution in [0.15, 0.2) is 54.7 Å². The summed E-state index contributed by atoms with van der Waals surface area (Å²) in [6.07, 6.45) is 1.89. The predicted molar refractivity (Wildman–Crippen MR) is 76.7 cm³/mol. The van der Waals surface area contributed by atoms with Gasteiger partial charge in [0.2, 0.25) is 0 Å². The summed E-state index contributed by atoms with van der Waals surface area (Å²) in [5.74, 6) is 0. The molecule has 0 saturated carbocycles. The molecule has 0 unspecified atom stereocenters. The Kier molecular flexibility index (Phi) is 2.60. The zero-order valence-electron chi connectivity index (χ0n) is 10.6. The second-order valence-electron chi connectivity index (χ2n) is 4.62. The van der Waals surface area contributed by atoms with Gasteiger partial charge in [-0.3, -0.25) is 4.98 Å². The molecule has 3 rings (SSSR count). The molecule has 0 atom stereocenters. The number of rotatable bonds is 1. The standard InChI is InChI=1S/C17H15N/c1-12-6-5-8-14(13(12)2)15-10-11-18-17-9-4-3-7-16(15)17/h3-11H,1-2H3. The number of pyridine rings is 1. The van der Waals surface area contributed by atoms with Crippen LogP contribution in [0.3, 0.4) is 0 Å². The van der Waals surface area contributed by atoms with Crippen molar-refractivity contribution in [2.24, 2.45) is 0 Å². The number of hydrogen-bond acceptors (Lipinski definition) is 1. The Morgan fingerprint density at radius 3 is 2.50 bits per heavy atom. The van der Waals surface area contributed by atoms with Crippen molar-refractivity contribution in [3.8, 4) is 11.1 Å². The highest BCUT2D eigenvalue weighted by Crippen LogP contribution is 2.30. The SMILES string of the molecule is Cc1cccc(-c2ccnc3ccccc23)c1C. The van der Waals surface area contributed by atoms with E-state index < -0.39 is 0 Å². The molecular formula is C17H15N. The molecule has 0 spiro atoms. The van der Waals surface area contributed by atoms with Crippen molar-refractivity contribution in [1.82, 2.24) is 4.98 Å². The average molecular weight is 233 g/mol. The number of aryl methyl sites for hydroxylation is 1. The fourth-order valence-corrected chi connectivity index (χ4v) is 2.37. The van der Waals surface area contributed by atoms with Gasteiger partial charge in [0.1, 0.15) is 0 Å². The lowest BCUT2D eigenvalue weighted by Gasteiger charge is -2.11. The van der Waals surface area contributed by atoms with E-state index in [1.54, 1.807) is 0 Å². The molecule has 88 valence electrons. The van der Waals surface area contributed by atoms with Gasteiger partial charge < -0.3 is 0 Å². The zero-order chi connectivity index (χ0) is 12.5. The van der Waals surface area contributed by atoms with Crippen molar-refractivity contribution in [3.63, 3.8) is 0 Å². The summed E-state index contributed by atoms with van der Waals surface area (Å²) in [6.45, 7) is 4.34. The fourth-order valence-electron chi connectivity index (χ4n) is 2.37. The highest BCUT2D eigenvalue weighted by molar-refractivity contribution is 5.95. The highest BCUT2D eigenvalue weighted by atomic mass is 14.6. The highest BCUT2D eigenvalue weighted by Gasteiger charge is 2.07. The summed E-state index contributed by atoms with van der Waals surface area (Å²) >= 11 is 0. The van der Waals surface area contributed by atoms with Gasteiger partial charge in [-0.05, 0) is 48.2 Å². The summed E-state index contributed by atoms with van der Waals surface area (Å²) in [4.78, 5) is 4.42. The van der Waals surface area contributed by atoms with Crippen molar-refractivity contribution in [2.75, 3.05) is 0 Å². The van der Waals surface area contributed by atoms with E-state index in [9.17, 15) is 0 Å². The lowest BCUT2D eigenvalue weighted by atomic mass is 9.95. The average Bonchev–Trinajstić information content (AvgIpc) is 2.41. The molecular weight excluding hydrogens is 218 g/mol. The molecule has 1 nitrogen and oxygen atoms in total. The summed E-state index contributed by atoms with van der Waals surface area (Å²) in [6, 6.07) is 16.9. The lowest BCUT2D eigenvalue weighted by molar-refractivity contribution is 1.34. The van der Waals surface area contributed by atoms with Crippen molar-refractivity contribution in [3.05, 3.63) is 65.9 Å². The summed E-state index contributed by atoms with van der Waals surface area (Å²) < 4.78 is 0. The van der Waals surface area contributed by atoms with Crippen molar-refractivity contribution in [1.29, 1.82) is 0 Å². The Balaban J connectivity index is 2.35. The Hall–Kier alpha value is -2.15. The maximum Gasteiger partial charge on any atom is 0.0708 e. The van der Waals surface area contributed by atoms with E-state index in [4.69, 9.17) is 0 Å². The first kappa shape index (κ1) is 11.0. The third-order valence-electron chi connectivity index (χ3n) is 3.54. The molecule has 0 amide bonds. The smallest absolute Gasteiger partial charge is 0.0708 e. The monoisotopic (exact) mass is 233 g/mol. The third kappa shape index (κ3) is 1.68. The number of aromatic nitrogens is 1. The second kappa shape index (κ2) is 4.26. The minimum atomic E-state index is 1.05.